The molecule has 1 heterocycles. The molecule has 4 nitrogen and oxygen atoms in total. The van der Waals surface area contributed by atoms with Crippen LogP contribution in [0.25, 0.3) is 0 Å². The van der Waals surface area contributed by atoms with Gasteiger partial charge >= 0.3 is 0 Å². The van der Waals surface area contributed by atoms with Gasteiger partial charge in [0.15, 0.2) is 5.15 Å². The third kappa shape index (κ3) is 2.93. The Balaban J connectivity index is 3.16. The minimum atomic E-state index is -0.343. The van der Waals surface area contributed by atoms with Gasteiger partial charge in [-0.1, -0.05) is 30.1 Å². The Kier molecular flexibility index (Phi) is 4.57. The fourth-order valence-electron chi connectivity index (χ4n) is 1.31. The van der Waals surface area contributed by atoms with Crippen molar-refractivity contribution in [3.05, 3.63) is 26.9 Å². The Labute approximate surface area is 97.8 Å². The molecule has 0 saturated heterocycles. The van der Waals surface area contributed by atoms with Crippen LogP contribution in [0.15, 0.2) is 11.0 Å². The second-order valence-electron chi connectivity index (χ2n) is 3.08. The monoisotopic (exact) mass is 250 g/mol. The van der Waals surface area contributed by atoms with Gasteiger partial charge < -0.3 is 9.30 Å². The van der Waals surface area contributed by atoms with Gasteiger partial charge in [0.1, 0.15) is 5.15 Å². The van der Waals surface area contributed by atoms with Crippen molar-refractivity contribution in [3.8, 4) is 0 Å². The Morgan fingerprint density at radius 1 is 1.60 bits per heavy atom. The molecule has 6 heteroatoms. The number of halogens is 2. The van der Waals surface area contributed by atoms with E-state index < -0.39 is 0 Å². The van der Waals surface area contributed by atoms with Crippen LogP contribution in [-0.4, -0.2) is 23.3 Å². The van der Waals surface area contributed by atoms with E-state index in [4.69, 9.17) is 27.9 Å². The Hall–Kier alpha value is -0.580. The van der Waals surface area contributed by atoms with Crippen molar-refractivity contribution < 1.29 is 4.74 Å². The molecule has 0 saturated carbocycles. The van der Waals surface area contributed by atoms with Crippen molar-refractivity contribution in [2.24, 2.45) is 0 Å². The van der Waals surface area contributed by atoms with Crippen molar-refractivity contribution in [2.45, 2.75) is 19.4 Å². The first-order chi connectivity index (χ1) is 7.10. The summed E-state index contributed by atoms with van der Waals surface area (Å²) in [7, 11) is 1.58. The summed E-state index contributed by atoms with van der Waals surface area (Å²) >= 11 is 11.4. The van der Waals surface area contributed by atoms with Crippen molar-refractivity contribution >= 4 is 23.2 Å². The van der Waals surface area contributed by atoms with Gasteiger partial charge in [0, 0.05) is 13.3 Å². The van der Waals surface area contributed by atoms with Crippen molar-refractivity contribution in [2.75, 3.05) is 13.7 Å². The molecule has 0 amide bonds. The number of methoxy groups -OCH3 is 1. The average molecular weight is 251 g/mol. The fraction of sp³-hybridized carbons (Fsp3) is 0.556. The summed E-state index contributed by atoms with van der Waals surface area (Å²) < 4.78 is 6.48. The first-order valence-corrected chi connectivity index (χ1v) is 5.28. The zero-order chi connectivity index (χ0) is 11.4. The third-order valence-corrected chi connectivity index (χ3v) is 2.51. The molecular formula is C9H12Cl2N2O2. The van der Waals surface area contributed by atoms with Crippen LogP contribution in [0.3, 0.4) is 0 Å². The summed E-state index contributed by atoms with van der Waals surface area (Å²) in [5.41, 5.74) is -0.343. The molecule has 0 aromatic carbocycles. The Morgan fingerprint density at radius 2 is 2.27 bits per heavy atom. The molecule has 0 radical (unpaired) electrons. The van der Waals surface area contributed by atoms with E-state index in [-0.39, 0.29) is 21.9 Å². The molecule has 1 rings (SSSR count). The van der Waals surface area contributed by atoms with Gasteiger partial charge in [-0.05, 0) is 6.42 Å². The van der Waals surface area contributed by atoms with Crippen LogP contribution >= 0.6 is 23.2 Å². The second kappa shape index (κ2) is 5.49. The van der Waals surface area contributed by atoms with Crippen LogP contribution in [0.1, 0.15) is 19.4 Å². The fourth-order valence-corrected chi connectivity index (χ4v) is 1.73. The number of nitrogens with zero attached hydrogens (tertiary/aromatic N) is 2. The number of hydrogen-bond acceptors (Lipinski definition) is 3. The molecule has 1 aromatic rings. The lowest BCUT2D eigenvalue weighted by atomic mass is 10.2. The molecule has 0 N–H and O–H groups in total. The summed E-state index contributed by atoms with van der Waals surface area (Å²) in [6, 6.07) is -0.0690. The summed E-state index contributed by atoms with van der Waals surface area (Å²) in [4.78, 5) is 15.3. The highest BCUT2D eigenvalue weighted by atomic mass is 35.5. The van der Waals surface area contributed by atoms with Gasteiger partial charge in [-0.2, -0.15) is 0 Å². The van der Waals surface area contributed by atoms with E-state index in [0.717, 1.165) is 6.42 Å². The highest BCUT2D eigenvalue weighted by molar-refractivity contribution is 6.32. The lowest BCUT2D eigenvalue weighted by molar-refractivity contribution is 0.151. The smallest absolute Gasteiger partial charge is 0.288 e. The van der Waals surface area contributed by atoms with E-state index in [9.17, 15) is 4.79 Å². The summed E-state index contributed by atoms with van der Waals surface area (Å²) in [5, 5.41) is 0.0891. The van der Waals surface area contributed by atoms with Crippen molar-refractivity contribution in [3.63, 3.8) is 0 Å². The number of hydrogen-bond donors (Lipinski definition) is 0. The summed E-state index contributed by atoms with van der Waals surface area (Å²) in [6.07, 6.45) is 2.23. The topological polar surface area (TPSA) is 44.1 Å². The molecule has 1 atom stereocenters. The maximum atomic E-state index is 11.7. The Morgan fingerprint density at radius 3 is 2.80 bits per heavy atom. The standard InChI is InChI=1S/C9H12Cl2N2O2/c1-3-6(5-15-2)13-4-7(10)12-8(11)9(13)14/h4,6H,3,5H2,1-2H3. The molecule has 0 aliphatic carbocycles. The van der Waals surface area contributed by atoms with Gasteiger partial charge in [0.25, 0.3) is 5.56 Å². The lowest BCUT2D eigenvalue weighted by Crippen LogP contribution is -2.27. The maximum Gasteiger partial charge on any atom is 0.288 e. The molecule has 0 spiro atoms. The van der Waals surface area contributed by atoms with E-state index in [0.29, 0.717) is 6.61 Å². The van der Waals surface area contributed by atoms with Gasteiger partial charge in [-0.3, -0.25) is 4.79 Å². The molecule has 15 heavy (non-hydrogen) atoms. The number of aromatic nitrogens is 2. The van der Waals surface area contributed by atoms with Gasteiger partial charge in [0.2, 0.25) is 0 Å². The molecule has 0 aliphatic rings. The van der Waals surface area contributed by atoms with Crippen LogP contribution < -0.4 is 5.56 Å². The maximum absolute atomic E-state index is 11.7. The van der Waals surface area contributed by atoms with E-state index >= 15 is 0 Å². The van der Waals surface area contributed by atoms with Crippen LogP contribution in [0.4, 0.5) is 0 Å². The zero-order valence-electron chi connectivity index (χ0n) is 8.54. The lowest BCUT2D eigenvalue weighted by Gasteiger charge is -2.17. The summed E-state index contributed by atoms with van der Waals surface area (Å²) in [5.74, 6) is 0. The third-order valence-electron chi connectivity index (χ3n) is 2.09. The molecule has 0 bridgehead atoms. The largest absolute Gasteiger partial charge is 0.383 e. The van der Waals surface area contributed by atoms with Gasteiger partial charge in [0.05, 0.1) is 12.6 Å². The van der Waals surface area contributed by atoms with Gasteiger partial charge in [-0.15, -0.1) is 0 Å². The van der Waals surface area contributed by atoms with E-state index in [2.05, 4.69) is 4.98 Å². The minimum Gasteiger partial charge on any atom is -0.383 e. The highest BCUT2D eigenvalue weighted by Crippen LogP contribution is 2.13. The molecule has 84 valence electrons. The highest BCUT2D eigenvalue weighted by Gasteiger charge is 2.13. The first kappa shape index (κ1) is 12.5. The van der Waals surface area contributed by atoms with E-state index in [1.165, 1.54) is 10.8 Å². The van der Waals surface area contributed by atoms with Crippen molar-refractivity contribution in [1.82, 2.24) is 9.55 Å². The predicted octanol–water partition coefficient (Wildman–Crippen LogP) is 2.15. The minimum absolute atomic E-state index is 0.0690. The van der Waals surface area contributed by atoms with E-state index in [1.807, 2.05) is 6.92 Å². The molecule has 0 aliphatic heterocycles. The van der Waals surface area contributed by atoms with Crippen LogP contribution in [-0.2, 0) is 4.74 Å². The predicted molar refractivity (Wildman–Crippen MR) is 59.7 cm³/mol. The molecular weight excluding hydrogens is 239 g/mol. The number of rotatable bonds is 4. The average Bonchev–Trinajstić information content (AvgIpc) is 2.20. The zero-order valence-corrected chi connectivity index (χ0v) is 10.0. The second-order valence-corrected chi connectivity index (χ2v) is 3.83. The first-order valence-electron chi connectivity index (χ1n) is 4.53. The van der Waals surface area contributed by atoms with Crippen molar-refractivity contribution in [1.29, 1.82) is 0 Å². The Bertz CT molecular complexity index is 392. The normalized spacial score (nSPS) is 12.8. The molecule has 0 fully saturated rings. The van der Waals surface area contributed by atoms with Crippen LogP contribution in [0.2, 0.25) is 10.3 Å². The quantitative estimate of drug-likeness (QED) is 0.823. The van der Waals surface area contributed by atoms with E-state index in [1.54, 1.807) is 7.11 Å². The SMILES string of the molecule is CCC(COC)n1cc(Cl)nc(Cl)c1=O. The molecule has 1 aromatic heterocycles. The van der Waals surface area contributed by atoms with Crippen LogP contribution in [0.5, 0.6) is 0 Å². The van der Waals surface area contributed by atoms with Crippen LogP contribution in [0, 0.1) is 0 Å². The number of ether oxygens (including phenoxy) is 1. The summed E-state index contributed by atoms with van der Waals surface area (Å²) in [6.45, 7) is 2.39. The van der Waals surface area contributed by atoms with Gasteiger partial charge in [-0.25, -0.2) is 4.98 Å². The molecule has 1 unspecified atom stereocenters.